The third-order valence-corrected chi connectivity index (χ3v) is 3.39. The van der Waals surface area contributed by atoms with Crippen molar-refractivity contribution in [1.82, 2.24) is 4.98 Å². The van der Waals surface area contributed by atoms with E-state index < -0.39 is 23.3 Å². The summed E-state index contributed by atoms with van der Waals surface area (Å²) in [6, 6.07) is 1.66. The Morgan fingerprint density at radius 3 is 2.59 bits per heavy atom. The lowest BCUT2D eigenvalue weighted by Crippen LogP contribution is -2.09. The minimum Gasteiger partial charge on any atom is -0.493 e. The van der Waals surface area contributed by atoms with Crippen LogP contribution in [0.15, 0.2) is 17.5 Å². The fraction of sp³-hybridized carbons (Fsp3) is 0.231. The van der Waals surface area contributed by atoms with Crippen LogP contribution in [0, 0.1) is 5.82 Å². The van der Waals surface area contributed by atoms with Gasteiger partial charge < -0.3 is 10.1 Å². The number of alkyl halides is 3. The molecule has 1 heterocycles. The van der Waals surface area contributed by atoms with Gasteiger partial charge in [-0.3, -0.25) is 4.79 Å². The molecule has 1 aromatic heterocycles. The van der Waals surface area contributed by atoms with Crippen molar-refractivity contribution in [2.75, 3.05) is 12.4 Å². The Balaban J connectivity index is 2.50. The van der Waals surface area contributed by atoms with Gasteiger partial charge in [0.1, 0.15) is 5.56 Å². The first kappa shape index (κ1) is 16.2. The maximum atomic E-state index is 13.8. The first-order chi connectivity index (χ1) is 10.2. The number of thiazole rings is 1. The standard InChI is InChI=1S/C13H10F4N2O2S/c1-6(20)18-12-19-10(5-22-12)7-3-8(13(15,16)17)11(21-2)9(14)4-7/h3-5H,1-2H3,(H,18,19,20). The fourth-order valence-electron chi connectivity index (χ4n) is 1.77. The van der Waals surface area contributed by atoms with E-state index in [-0.39, 0.29) is 22.3 Å². The molecule has 0 fully saturated rings. The SMILES string of the molecule is COc1c(F)cc(-c2csc(NC(C)=O)n2)cc1C(F)(F)F. The van der Waals surface area contributed by atoms with Crippen LogP contribution in [0.3, 0.4) is 0 Å². The first-order valence-corrected chi connectivity index (χ1v) is 6.78. The number of halogens is 4. The molecule has 0 aliphatic heterocycles. The number of rotatable bonds is 3. The lowest BCUT2D eigenvalue weighted by atomic mass is 10.1. The van der Waals surface area contributed by atoms with Crippen molar-refractivity contribution < 1.29 is 27.1 Å². The van der Waals surface area contributed by atoms with Crippen molar-refractivity contribution in [3.05, 3.63) is 28.9 Å². The number of nitrogens with zero attached hydrogens (tertiary/aromatic N) is 1. The molecular weight excluding hydrogens is 324 g/mol. The van der Waals surface area contributed by atoms with Crippen molar-refractivity contribution in [2.24, 2.45) is 0 Å². The summed E-state index contributed by atoms with van der Waals surface area (Å²) in [6.45, 7) is 1.27. The minimum absolute atomic E-state index is 0.0570. The third-order valence-electron chi connectivity index (χ3n) is 2.64. The lowest BCUT2D eigenvalue weighted by Gasteiger charge is -2.13. The van der Waals surface area contributed by atoms with E-state index in [1.807, 2.05) is 0 Å². The van der Waals surface area contributed by atoms with Crippen LogP contribution in [0.4, 0.5) is 22.7 Å². The second kappa shape index (κ2) is 5.91. The molecule has 0 atom stereocenters. The number of carbonyl (C=O) groups is 1. The summed E-state index contributed by atoms with van der Waals surface area (Å²) < 4.78 is 57.2. The molecule has 0 saturated heterocycles. The van der Waals surface area contributed by atoms with Crippen LogP contribution in [0.2, 0.25) is 0 Å². The molecule has 22 heavy (non-hydrogen) atoms. The number of benzene rings is 1. The normalized spacial score (nSPS) is 11.4. The van der Waals surface area contributed by atoms with E-state index in [9.17, 15) is 22.4 Å². The zero-order valence-corrected chi connectivity index (χ0v) is 12.2. The molecule has 1 aromatic carbocycles. The Kier molecular flexibility index (Phi) is 4.36. The summed E-state index contributed by atoms with van der Waals surface area (Å²) in [5.74, 6) is -2.37. The Morgan fingerprint density at radius 2 is 2.05 bits per heavy atom. The van der Waals surface area contributed by atoms with Crippen LogP contribution in [-0.2, 0) is 11.0 Å². The average Bonchev–Trinajstić information content (AvgIpc) is 2.84. The van der Waals surface area contributed by atoms with Gasteiger partial charge in [0.05, 0.1) is 12.8 Å². The number of hydrogen-bond acceptors (Lipinski definition) is 4. The van der Waals surface area contributed by atoms with Gasteiger partial charge in [-0.1, -0.05) is 0 Å². The maximum absolute atomic E-state index is 13.8. The second-order valence-corrected chi connectivity index (χ2v) is 5.11. The molecule has 0 bridgehead atoms. The number of aromatic nitrogens is 1. The van der Waals surface area contributed by atoms with Gasteiger partial charge in [0, 0.05) is 17.9 Å². The van der Waals surface area contributed by atoms with Gasteiger partial charge >= 0.3 is 6.18 Å². The Bertz CT molecular complexity index is 713. The van der Waals surface area contributed by atoms with E-state index in [4.69, 9.17) is 0 Å². The van der Waals surface area contributed by atoms with Gasteiger partial charge in [-0.15, -0.1) is 11.3 Å². The van der Waals surface area contributed by atoms with E-state index in [0.717, 1.165) is 30.6 Å². The first-order valence-electron chi connectivity index (χ1n) is 5.90. The van der Waals surface area contributed by atoms with Crippen molar-refractivity contribution in [3.8, 4) is 17.0 Å². The summed E-state index contributed by atoms with van der Waals surface area (Å²) in [5, 5.41) is 4.04. The monoisotopic (exact) mass is 334 g/mol. The molecule has 0 aliphatic carbocycles. The van der Waals surface area contributed by atoms with Gasteiger partial charge in [-0.2, -0.15) is 13.2 Å². The molecule has 9 heteroatoms. The van der Waals surface area contributed by atoms with Crippen LogP contribution >= 0.6 is 11.3 Å². The summed E-state index contributed by atoms with van der Waals surface area (Å²) in [5.41, 5.74) is -1.15. The summed E-state index contributed by atoms with van der Waals surface area (Å²) in [4.78, 5) is 14.9. The Labute approximate surface area is 126 Å². The highest BCUT2D eigenvalue weighted by molar-refractivity contribution is 7.14. The predicted molar refractivity (Wildman–Crippen MR) is 73.4 cm³/mol. The molecule has 1 N–H and O–H groups in total. The molecule has 4 nitrogen and oxygen atoms in total. The molecule has 2 rings (SSSR count). The van der Waals surface area contributed by atoms with Crippen LogP contribution < -0.4 is 10.1 Å². The maximum Gasteiger partial charge on any atom is 0.420 e. The summed E-state index contributed by atoms with van der Waals surface area (Å²) in [6.07, 6.45) is -4.77. The topological polar surface area (TPSA) is 51.2 Å². The summed E-state index contributed by atoms with van der Waals surface area (Å²) >= 11 is 1.02. The molecule has 2 aromatic rings. The largest absolute Gasteiger partial charge is 0.493 e. The zero-order valence-electron chi connectivity index (χ0n) is 11.4. The zero-order chi connectivity index (χ0) is 16.5. The number of anilines is 1. The van der Waals surface area contributed by atoms with E-state index in [1.165, 1.54) is 12.3 Å². The Hall–Kier alpha value is -2.16. The van der Waals surface area contributed by atoms with Crippen molar-refractivity contribution in [2.45, 2.75) is 13.1 Å². The van der Waals surface area contributed by atoms with E-state index in [1.54, 1.807) is 0 Å². The molecule has 0 unspecified atom stereocenters. The van der Waals surface area contributed by atoms with Crippen LogP contribution in [0.25, 0.3) is 11.3 Å². The van der Waals surface area contributed by atoms with Gasteiger partial charge in [-0.25, -0.2) is 9.37 Å². The van der Waals surface area contributed by atoms with E-state index in [0.29, 0.717) is 0 Å². The number of amides is 1. The second-order valence-electron chi connectivity index (χ2n) is 4.26. The van der Waals surface area contributed by atoms with E-state index in [2.05, 4.69) is 15.0 Å². The molecule has 0 spiro atoms. The number of hydrogen-bond donors (Lipinski definition) is 1. The fourth-order valence-corrected chi connectivity index (χ4v) is 2.54. The predicted octanol–water partition coefficient (Wildman–Crippen LogP) is 3.94. The number of nitrogens with one attached hydrogen (secondary N) is 1. The molecule has 0 aliphatic rings. The molecule has 0 radical (unpaired) electrons. The van der Waals surface area contributed by atoms with Crippen molar-refractivity contribution in [3.63, 3.8) is 0 Å². The molecular formula is C13H10F4N2O2S. The highest BCUT2D eigenvalue weighted by Crippen LogP contribution is 2.40. The van der Waals surface area contributed by atoms with Crippen molar-refractivity contribution >= 4 is 22.4 Å². The highest BCUT2D eigenvalue weighted by atomic mass is 32.1. The molecule has 1 amide bonds. The molecule has 0 saturated carbocycles. The van der Waals surface area contributed by atoms with E-state index >= 15 is 0 Å². The van der Waals surface area contributed by atoms with Crippen LogP contribution in [0.1, 0.15) is 12.5 Å². The number of methoxy groups -OCH3 is 1. The quantitative estimate of drug-likeness (QED) is 0.865. The Morgan fingerprint density at radius 1 is 1.36 bits per heavy atom. The highest BCUT2D eigenvalue weighted by Gasteiger charge is 2.36. The smallest absolute Gasteiger partial charge is 0.420 e. The van der Waals surface area contributed by atoms with Gasteiger partial charge in [0.25, 0.3) is 0 Å². The van der Waals surface area contributed by atoms with Gasteiger partial charge in [0.2, 0.25) is 5.91 Å². The summed E-state index contributed by atoms with van der Waals surface area (Å²) in [7, 11) is 0.963. The van der Waals surface area contributed by atoms with Crippen LogP contribution in [-0.4, -0.2) is 18.0 Å². The van der Waals surface area contributed by atoms with Gasteiger partial charge in [-0.05, 0) is 12.1 Å². The lowest BCUT2D eigenvalue weighted by molar-refractivity contribution is -0.139. The third kappa shape index (κ3) is 3.35. The van der Waals surface area contributed by atoms with Gasteiger partial charge in [0.15, 0.2) is 16.7 Å². The average molecular weight is 334 g/mol. The number of carbonyl (C=O) groups excluding carboxylic acids is 1. The minimum atomic E-state index is -4.77. The number of ether oxygens (including phenoxy) is 1. The van der Waals surface area contributed by atoms with Crippen molar-refractivity contribution in [1.29, 1.82) is 0 Å². The molecule has 118 valence electrons. The van der Waals surface area contributed by atoms with Crippen LogP contribution in [0.5, 0.6) is 5.75 Å².